The van der Waals surface area contributed by atoms with Crippen LogP contribution in [0.2, 0.25) is 0 Å². The summed E-state index contributed by atoms with van der Waals surface area (Å²) in [6.07, 6.45) is 4.89. The summed E-state index contributed by atoms with van der Waals surface area (Å²) in [5, 5.41) is 6.03. The number of rotatable bonds is 10. The van der Waals surface area contributed by atoms with Gasteiger partial charge >= 0.3 is 6.03 Å². The molecule has 7 nitrogen and oxygen atoms in total. The number of benzene rings is 1. The molecule has 158 valence electrons. The molecule has 0 bridgehead atoms. The smallest absolute Gasteiger partial charge is 0.321 e. The van der Waals surface area contributed by atoms with E-state index in [2.05, 4.69) is 51.8 Å². The Labute approximate surface area is 177 Å². The van der Waals surface area contributed by atoms with Crippen molar-refractivity contribution >= 4 is 28.5 Å². The molecule has 1 atom stereocenters. The van der Waals surface area contributed by atoms with Crippen molar-refractivity contribution in [2.75, 3.05) is 18.8 Å². The SMILES string of the molecule is Cc1nc(N)sc1CCCN=C(N)NC(=O)NCC(C)CCCc1ccccc1. The van der Waals surface area contributed by atoms with Gasteiger partial charge in [0.1, 0.15) is 0 Å². The molecule has 0 aliphatic heterocycles. The van der Waals surface area contributed by atoms with E-state index in [1.54, 1.807) is 0 Å². The van der Waals surface area contributed by atoms with Crippen molar-refractivity contribution in [3.8, 4) is 0 Å². The van der Waals surface area contributed by atoms with Gasteiger partial charge in [0.05, 0.1) is 5.69 Å². The molecule has 0 saturated carbocycles. The van der Waals surface area contributed by atoms with E-state index in [1.807, 2.05) is 13.0 Å². The molecule has 8 heteroatoms. The first-order chi connectivity index (χ1) is 13.9. The van der Waals surface area contributed by atoms with E-state index in [-0.39, 0.29) is 12.0 Å². The van der Waals surface area contributed by atoms with Gasteiger partial charge in [0.25, 0.3) is 0 Å². The number of anilines is 1. The quantitative estimate of drug-likeness (QED) is 0.270. The summed E-state index contributed by atoms with van der Waals surface area (Å²) in [6, 6.07) is 10.1. The second-order valence-corrected chi connectivity index (χ2v) is 8.36. The van der Waals surface area contributed by atoms with E-state index >= 15 is 0 Å². The van der Waals surface area contributed by atoms with E-state index in [9.17, 15) is 4.79 Å². The molecular weight excluding hydrogens is 384 g/mol. The minimum Gasteiger partial charge on any atom is -0.375 e. The van der Waals surface area contributed by atoms with Crippen molar-refractivity contribution in [3.63, 3.8) is 0 Å². The Morgan fingerprint density at radius 2 is 2.00 bits per heavy atom. The van der Waals surface area contributed by atoms with Crippen LogP contribution < -0.4 is 22.1 Å². The number of nitrogens with zero attached hydrogens (tertiary/aromatic N) is 2. The molecule has 2 amide bonds. The van der Waals surface area contributed by atoms with Gasteiger partial charge in [0.2, 0.25) is 0 Å². The topological polar surface area (TPSA) is 118 Å². The minimum absolute atomic E-state index is 0.139. The molecular formula is C21H32N6OS. The average Bonchev–Trinajstić information content (AvgIpc) is 3.01. The molecule has 0 spiro atoms. The van der Waals surface area contributed by atoms with Gasteiger partial charge in [0.15, 0.2) is 11.1 Å². The summed E-state index contributed by atoms with van der Waals surface area (Å²) < 4.78 is 0. The zero-order valence-corrected chi connectivity index (χ0v) is 18.1. The van der Waals surface area contributed by atoms with E-state index in [0.717, 1.165) is 37.8 Å². The van der Waals surface area contributed by atoms with Crippen LogP contribution in [0.4, 0.5) is 9.93 Å². The van der Waals surface area contributed by atoms with Crippen molar-refractivity contribution in [1.29, 1.82) is 0 Å². The standard InChI is InChI=1S/C21H32N6OS/c1-15(8-6-11-17-9-4-3-5-10-17)14-25-21(28)27-19(22)24-13-7-12-18-16(2)26-20(23)29-18/h3-5,9-10,15H,6-8,11-14H2,1-2H3,(H2,23,26)(H4,22,24,25,27,28). The Bertz CT molecular complexity index is 790. The van der Waals surface area contributed by atoms with Crippen LogP contribution >= 0.6 is 11.3 Å². The Morgan fingerprint density at radius 3 is 2.69 bits per heavy atom. The van der Waals surface area contributed by atoms with Gasteiger partial charge in [-0.1, -0.05) is 37.3 Å². The van der Waals surface area contributed by atoms with Crippen LogP contribution in [0.1, 0.15) is 42.3 Å². The summed E-state index contributed by atoms with van der Waals surface area (Å²) in [5.74, 6) is 0.539. The van der Waals surface area contributed by atoms with E-state index in [1.165, 1.54) is 21.8 Å². The molecule has 0 aliphatic carbocycles. The second-order valence-electron chi connectivity index (χ2n) is 7.25. The molecule has 0 fully saturated rings. The normalized spacial score (nSPS) is 12.6. The molecule has 1 unspecified atom stereocenters. The number of urea groups is 1. The van der Waals surface area contributed by atoms with Crippen molar-refractivity contribution in [2.45, 2.75) is 46.0 Å². The zero-order valence-electron chi connectivity index (χ0n) is 17.3. The lowest BCUT2D eigenvalue weighted by atomic mass is 10.0. The second kappa shape index (κ2) is 12.1. The molecule has 29 heavy (non-hydrogen) atoms. The first-order valence-corrected chi connectivity index (χ1v) is 10.9. The monoisotopic (exact) mass is 416 g/mol. The molecule has 6 N–H and O–H groups in total. The number of aromatic nitrogens is 1. The first kappa shape index (κ1) is 22.7. The summed E-state index contributed by atoms with van der Waals surface area (Å²) in [6.45, 7) is 5.24. The fraction of sp³-hybridized carbons (Fsp3) is 0.476. The van der Waals surface area contributed by atoms with Crippen LogP contribution in [0, 0.1) is 12.8 Å². The highest BCUT2D eigenvalue weighted by atomic mass is 32.1. The number of nitrogen functional groups attached to an aromatic ring is 1. The number of aliphatic imine (C=N–C) groups is 1. The maximum atomic E-state index is 12.0. The number of hydrogen-bond donors (Lipinski definition) is 4. The Balaban J connectivity index is 1.57. The third-order valence-corrected chi connectivity index (χ3v) is 5.66. The number of carbonyl (C=O) groups excluding carboxylic acids is 1. The number of hydrogen-bond acceptors (Lipinski definition) is 5. The predicted octanol–water partition coefficient (Wildman–Crippen LogP) is 3.24. The average molecular weight is 417 g/mol. The van der Waals surface area contributed by atoms with E-state index in [4.69, 9.17) is 11.5 Å². The Hall–Kier alpha value is -2.61. The highest BCUT2D eigenvalue weighted by molar-refractivity contribution is 7.15. The number of guanidine groups is 1. The van der Waals surface area contributed by atoms with E-state index < -0.39 is 0 Å². The molecule has 1 aromatic carbocycles. The van der Waals surface area contributed by atoms with Crippen LogP contribution in [0.25, 0.3) is 0 Å². The highest BCUT2D eigenvalue weighted by Crippen LogP contribution is 2.20. The Morgan fingerprint density at radius 1 is 1.24 bits per heavy atom. The third kappa shape index (κ3) is 8.95. The van der Waals surface area contributed by atoms with Crippen LogP contribution in [-0.2, 0) is 12.8 Å². The maximum Gasteiger partial charge on any atom is 0.321 e. The lowest BCUT2D eigenvalue weighted by Crippen LogP contribution is -2.44. The van der Waals surface area contributed by atoms with Gasteiger partial charge < -0.3 is 16.8 Å². The lowest BCUT2D eigenvalue weighted by Gasteiger charge is -2.13. The molecule has 0 saturated heterocycles. The van der Waals surface area contributed by atoms with Crippen LogP contribution in [0.3, 0.4) is 0 Å². The lowest BCUT2D eigenvalue weighted by molar-refractivity contribution is 0.243. The summed E-state index contributed by atoms with van der Waals surface area (Å²) in [7, 11) is 0. The van der Waals surface area contributed by atoms with Crippen molar-refractivity contribution in [2.24, 2.45) is 16.6 Å². The van der Waals surface area contributed by atoms with Gasteiger partial charge in [-0.25, -0.2) is 9.78 Å². The zero-order chi connectivity index (χ0) is 21.1. The maximum absolute atomic E-state index is 12.0. The molecule has 1 heterocycles. The van der Waals surface area contributed by atoms with Gasteiger partial charge in [-0.3, -0.25) is 10.3 Å². The largest absolute Gasteiger partial charge is 0.375 e. The van der Waals surface area contributed by atoms with Gasteiger partial charge in [0, 0.05) is 18.0 Å². The summed E-state index contributed by atoms with van der Waals surface area (Å²) in [4.78, 5) is 21.5. The molecule has 2 aromatic rings. The number of amides is 2. The minimum atomic E-state index is -0.313. The molecule has 0 aliphatic rings. The van der Waals surface area contributed by atoms with Gasteiger partial charge in [-0.15, -0.1) is 11.3 Å². The van der Waals surface area contributed by atoms with Gasteiger partial charge in [-0.2, -0.15) is 0 Å². The number of carbonyl (C=O) groups is 1. The van der Waals surface area contributed by atoms with Crippen LogP contribution in [0.15, 0.2) is 35.3 Å². The summed E-state index contributed by atoms with van der Waals surface area (Å²) in [5.41, 5.74) is 13.8. The first-order valence-electron chi connectivity index (χ1n) is 10.0. The number of thiazole rings is 1. The van der Waals surface area contributed by atoms with Crippen molar-refractivity contribution in [3.05, 3.63) is 46.5 Å². The predicted molar refractivity (Wildman–Crippen MR) is 121 cm³/mol. The molecule has 0 radical (unpaired) electrons. The third-order valence-electron chi connectivity index (χ3n) is 4.61. The van der Waals surface area contributed by atoms with E-state index in [0.29, 0.717) is 24.1 Å². The van der Waals surface area contributed by atoms with Crippen LogP contribution in [0.5, 0.6) is 0 Å². The van der Waals surface area contributed by atoms with Crippen molar-refractivity contribution < 1.29 is 4.79 Å². The number of aryl methyl sites for hydroxylation is 3. The molecule has 2 rings (SSSR count). The van der Waals surface area contributed by atoms with Gasteiger partial charge in [-0.05, 0) is 50.5 Å². The Kier molecular flexibility index (Phi) is 9.43. The summed E-state index contributed by atoms with van der Waals surface area (Å²) >= 11 is 1.50. The number of nitrogens with one attached hydrogen (secondary N) is 2. The highest BCUT2D eigenvalue weighted by Gasteiger charge is 2.07. The number of nitrogens with two attached hydrogens (primary N) is 2. The fourth-order valence-electron chi connectivity index (χ4n) is 2.99. The molecule has 1 aromatic heterocycles. The van der Waals surface area contributed by atoms with Crippen molar-refractivity contribution in [1.82, 2.24) is 15.6 Å². The fourth-order valence-corrected chi connectivity index (χ4v) is 3.86. The van der Waals surface area contributed by atoms with Crippen LogP contribution in [-0.4, -0.2) is 30.1 Å².